The van der Waals surface area contributed by atoms with Gasteiger partial charge in [0.2, 0.25) is 0 Å². The van der Waals surface area contributed by atoms with E-state index >= 15 is 0 Å². The summed E-state index contributed by atoms with van der Waals surface area (Å²) in [5.41, 5.74) is 4.15. The minimum atomic E-state index is 0. The van der Waals surface area contributed by atoms with Crippen LogP contribution in [0.2, 0.25) is 0 Å². The SMILES string of the molecule is Br.c1ccc(N=c2scc(-c3ccc4c(c3)OCCO4)n2-c2ccccc2)cc1. The number of thiazole rings is 1. The second-order valence-corrected chi connectivity index (χ2v) is 7.22. The van der Waals surface area contributed by atoms with E-state index in [0.29, 0.717) is 13.2 Å². The van der Waals surface area contributed by atoms with Crippen LogP contribution in [-0.2, 0) is 0 Å². The van der Waals surface area contributed by atoms with E-state index in [1.54, 1.807) is 11.3 Å². The number of hydrogen-bond donors (Lipinski definition) is 0. The molecule has 1 aromatic heterocycles. The third kappa shape index (κ3) is 3.99. The van der Waals surface area contributed by atoms with Gasteiger partial charge in [0.1, 0.15) is 13.2 Å². The van der Waals surface area contributed by atoms with E-state index in [9.17, 15) is 0 Å². The molecule has 146 valence electrons. The molecule has 4 nitrogen and oxygen atoms in total. The molecule has 0 radical (unpaired) electrons. The van der Waals surface area contributed by atoms with Gasteiger partial charge >= 0.3 is 0 Å². The van der Waals surface area contributed by atoms with Crippen molar-refractivity contribution in [2.75, 3.05) is 13.2 Å². The van der Waals surface area contributed by atoms with Crippen molar-refractivity contribution in [3.8, 4) is 28.4 Å². The van der Waals surface area contributed by atoms with Gasteiger partial charge in [0.15, 0.2) is 16.3 Å². The van der Waals surface area contributed by atoms with Crippen LogP contribution in [0.5, 0.6) is 11.5 Å². The Hall–Kier alpha value is -2.83. The molecule has 0 N–H and O–H groups in total. The summed E-state index contributed by atoms with van der Waals surface area (Å²) in [5.74, 6) is 1.58. The largest absolute Gasteiger partial charge is 0.486 e. The summed E-state index contributed by atoms with van der Waals surface area (Å²) >= 11 is 1.62. The maximum absolute atomic E-state index is 5.78. The Kier molecular flexibility index (Phi) is 5.83. The van der Waals surface area contributed by atoms with Crippen LogP contribution >= 0.6 is 28.3 Å². The van der Waals surface area contributed by atoms with Gasteiger partial charge in [-0.05, 0) is 42.5 Å². The van der Waals surface area contributed by atoms with Crippen LogP contribution in [0.3, 0.4) is 0 Å². The van der Waals surface area contributed by atoms with Crippen molar-refractivity contribution in [3.05, 3.63) is 89.0 Å². The first kappa shape index (κ1) is 19.5. The number of fused-ring (bicyclic) bond motifs is 1. The average Bonchev–Trinajstić information content (AvgIpc) is 3.18. The highest BCUT2D eigenvalue weighted by Gasteiger charge is 2.16. The molecule has 0 saturated heterocycles. The maximum Gasteiger partial charge on any atom is 0.195 e. The highest BCUT2D eigenvalue weighted by Crippen LogP contribution is 2.35. The van der Waals surface area contributed by atoms with Gasteiger partial charge in [-0.25, -0.2) is 4.99 Å². The molecule has 0 atom stereocenters. The molecular formula is C23H19BrN2O2S. The Bertz CT molecular complexity index is 1170. The van der Waals surface area contributed by atoms with E-state index in [0.717, 1.165) is 38.9 Å². The molecule has 0 spiro atoms. The number of hydrogen-bond acceptors (Lipinski definition) is 4. The summed E-state index contributed by atoms with van der Waals surface area (Å²) in [6.45, 7) is 1.17. The first-order valence-corrected chi connectivity index (χ1v) is 10.0. The van der Waals surface area contributed by atoms with Crippen LogP contribution in [0.25, 0.3) is 16.9 Å². The Morgan fingerprint density at radius 1 is 0.793 bits per heavy atom. The second-order valence-electron chi connectivity index (χ2n) is 6.38. The molecule has 0 bridgehead atoms. The van der Waals surface area contributed by atoms with Gasteiger partial charge in [0.25, 0.3) is 0 Å². The number of nitrogens with zero attached hydrogens (tertiary/aromatic N) is 2. The first-order valence-electron chi connectivity index (χ1n) is 9.14. The molecule has 0 aliphatic carbocycles. The zero-order valence-electron chi connectivity index (χ0n) is 15.5. The monoisotopic (exact) mass is 466 g/mol. The quantitative estimate of drug-likeness (QED) is 0.383. The lowest BCUT2D eigenvalue weighted by Gasteiger charge is -2.19. The molecule has 3 aromatic carbocycles. The normalized spacial score (nSPS) is 13.0. The average molecular weight is 467 g/mol. The number of ether oxygens (including phenoxy) is 2. The minimum Gasteiger partial charge on any atom is -0.486 e. The Labute approximate surface area is 183 Å². The van der Waals surface area contributed by atoms with Crippen molar-refractivity contribution >= 4 is 34.0 Å². The molecule has 0 amide bonds. The standard InChI is InChI=1S/C23H18N2O2S.BrH/c1-3-7-18(8-4-1)24-23-25(19-9-5-2-6-10-19)20(16-28-23)17-11-12-21-22(15-17)27-14-13-26-21;/h1-12,15-16H,13-14H2;1H. The topological polar surface area (TPSA) is 35.8 Å². The van der Waals surface area contributed by atoms with E-state index in [1.165, 1.54) is 0 Å². The third-order valence-electron chi connectivity index (χ3n) is 4.54. The van der Waals surface area contributed by atoms with Crippen LogP contribution in [0.1, 0.15) is 0 Å². The van der Waals surface area contributed by atoms with E-state index in [1.807, 2.05) is 60.7 Å². The summed E-state index contributed by atoms with van der Waals surface area (Å²) in [7, 11) is 0. The number of benzene rings is 3. The molecule has 0 unspecified atom stereocenters. The lowest BCUT2D eigenvalue weighted by molar-refractivity contribution is 0.171. The van der Waals surface area contributed by atoms with Gasteiger partial charge in [0, 0.05) is 16.6 Å². The van der Waals surface area contributed by atoms with Gasteiger partial charge in [0.05, 0.1) is 11.4 Å². The van der Waals surface area contributed by atoms with Crippen molar-refractivity contribution in [3.63, 3.8) is 0 Å². The summed E-state index contributed by atoms with van der Waals surface area (Å²) in [5, 5.41) is 2.14. The lowest BCUT2D eigenvalue weighted by atomic mass is 10.1. The van der Waals surface area contributed by atoms with Crippen molar-refractivity contribution < 1.29 is 9.47 Å². The summed E-state index contributed by atoms with van der Waals surface area (Å²) in [4.78, 5) is 5.80. The molecule has 0 saturated carbocycles. The zero-order valence-corrected chi connectivity index (χ0v) is 18.1. The molecule has 0 fully saturated rings. The maximum atomic E-state index is 5.78. The van der Waals surface area contributed by atoms with Gasteiger partial charge in [-0.2, -0.15) is 0 Å². The fraction of sp³-hybridized carbons (Fsp3) is 0.0870. The predicted molar refractivity (Wildman–Crippen MR) is 122 cm³/mol. The molecule has 29 heavy (non-hydrogen) atoms. The van der Waals surface area contributed by atoms with E-state index in [2.05, 4.69) is 28.1 Å². The smallest absolute Gasteiger partial charge is 0.195 e. The second kappa shape index (κ2) is 8.68. The number of rotatable bonds is 3. The van der Waals surface area contributed by atoms with Crippen LogP contribution in [0.15, 0.2) is 89.2 Å². The summed E-state index contributed by atoms with van der Waals surface area (Å²) in [6.07, 6.45) is 0. The summed E-state index contributed by atoms with van der Waals surface area (Å²) in [6, 6.07) is 26.4. The van der Waals surface area contributed by atoms with E-state index in [-0.39, 0.29) is 17.0 Å². The van der Waals surface area contributed by atoms with Crippen LogP contribution < -0.4 is 14.3 Å². The molecular weight excluding hydrogens is 448 g/mol. The zero-order chi connectivity index (χ0) is 18.8. The van der Waals surface area contributed by atoms with Gasteiger partial charge in [-0.3, -0.25) is 4.57 Å². The fourth-order valence-electron chi connectivity index (χ4n) is 3.23. The number of para-hydroxylation sites is 2. The Balaban J connectivity index is 0.00000205. The van der Waals surface area contributed by atoms with Gasteiger partial charge in [-0.15, -0.1) is 28.3 Å². The van der Waals surface area contributed by atoms with Crippen molar-refractivity contribution in [1.29, 1.82) is 0 Å². The van der Waals surface area contributed by atoms with Gasteiger partial charge in [-0.1, -0.05) is 36.4 Å². The van der Waals surface area contributed by atoms with Crippen molar-refractivity contribution in [2.24, 2.45) is 4.99 Å². The molecule has 5 rings (SSSR count). The first-order chi connectivity index (χ1) is 13.9. The lowest BCUT2D eigenvalue weighted by Crippen LogP contribution is -2.16. The van der Waals surface area contributed by atoms with Crippen LogP contribution in [-0.4, -0.2) is 17.8 Å². The Morgan fingerprint density at radius 3 is 2.24 bits per heavy atom. The van der Waals surface area contributed by atoms with Crippen molar-refractivity contribution in [1.82, 2.24) is 4.57 Å². The van der Waals surface area contributed by atoms with Crippen LogP contribution in [0.4, 0.5) is 5.69 Å². The molecule has 4 aromatic rings. The Morgan fingerprint density at radius 2 is 1.48 bits per heavy atom. The van der Waals surface area contributed by atoms with E-state index in [4.69, 9.17) is 14.5 Å². The predicted octanol–water partition coefficient (Wildman–Crippen LogP) is 5.79. The minimum absolute atomic E-state index is 0. The summed E-state index contributed by atoms with van der Waals surface area (Å²) < 4.78 is 13.6. The molecule has 2 heterocycles. The fourth-order valence-corrected chi connectivity index (χ4v) is 4.16. The number of halogens is 1. The highest BCUT2D eigenvalue weighted by atomic mass is 79.9. The van der Waals surface area contributed by atoms with Gasteiger partial charge < -0.3 is 9.47 Å². The molecule has 1 aliphatic heterocycles. The van der Waals surface area contributed by atoms with Crippen molar-refractivity contribution in [2.45, 2.75) is 0 Å². The molecule has 6 heteroatoms. The van der Waals surface area contributed by atoms with Crippen LogP contribution in [0, 0.1) is 0 Å². The molecule has 1 aliphatic rings. The number of aromatic nitrogens is 1. The highest BCUT2D eigenvalue weighted by molar-refractivity contribution is 8.93. The van der Waals surface area contributed by atoms with E-state index < -0.39 is 0 Å². The third-order valence-corrected chi connectivity index (χ3v) is 5.37.